The van der Waals surface area contributed by atoms with E-state index in [-0.39, 0.29) is 17.7 Å². The Morgan fingerprint density at radius 1 is 1.11 bits per heavy atom. The summed E-state index contributed by atoms with van der Waals surface area (Å²) in [7, 11) is 1.41. The van der Waals surface area contributed by atoms with Crippen LogP contribution in [0.15, 0.2) is 48.8 Å². The van der Waals surface area contributed by atoms with Crippen molar-refractivity contribution in [3.63, 3.8) is 0 Å². The van der Waals surface area contributed by atoms with E-state index >= 15 is 0 Å². The minimum atomic E-state index is -0.537. The third-order valence-electron chi connectivity index (χ3n) is 7.29. The summed E-state index contributed by atoms with van der Waals surface area (Å²) in [6, 6.07) is 10.1. The number of ether oxygens (including phenoxy) is 1. The van der Waals surface area contributed by atoms with Crippen LogP contribution in [0, 0.1) is 5.82 Å². The molecule has 0 spiro atoms. The van der Waals surface area contributed by atoms with E-state index in [1.807, 2.05) is 25.1 Å². The summed E-state index contributed by atoms with van der Waals surface area (Å²) >= 11 is 0. The summed E-state index contributed by atoms with van der Waals surface area (Å²) < 4.78 is 19.7. The molecule has 2 aliphatic rings. The van der Waals surface area contributed by atoms with Crippen molar-refractivity contribution in [2.75, 3.05) is 22.2 Å². The molecule has 1 aliphatic carbocycles. The van der Waals surface area contributed by atoms with Gasteiger partial charge in [-0.2, -0.15) is 10.1 Å². The predicted molar refractivity (Wildman–Crippen MR) is 140 cm³/mol. The largest absolute Gasteiger partial charge is 0.494 e. The first-order valence-corrected chi connectivity index (χ1v) is 12.6. The molecule has 0 saturated heterocycles. The zero-order valence-electron chi connectivity index (χ0n) is 20.7. The van der Waals surface area contributed by atoms with Crippen LogP contribution in [-0.4, -0.2) is 45.3 Å². The molecule has 3 heterocycles. The summed E-state index contributed by atoms with van der Waals surface area (Å²) in [4.78, 5) is 26.8. The lowest BCUT2D eigenvalue weighted by atomic mass is 9.92. The van der Waals surface area contributed by atoms with E-state index in [9.17, 15) is 9.18 Å². The highest BCUT2D eigenvalue weighted by Crippen LogP contribution is 2.43. The Hall–Kier alpha value is -4.21. The first kappa shape index (κ1) is 23.2. The molecule has 0 bridgehead atoms. The lowest BCUT2D eigenvalue weighted by molar-refractivity contribution is -0.119. The van der Waals surface area contributed by atoms with Crippen molar-refractivity contribution in [2.45, 2.75) is 51.1 Å². The van der Waals surface area contributed by atoms with Crippen LogP contribution >= 0.6 is 0 Å². The highest BCUT2D eigenvalue weighted by atomic mass is 19.1. The molecule has 1 fully saturated rings. The van der Waals surface area contributed by atoms with Crippen LogP contribution in [0.25, 0.3) is 10.9 Å². The zero-order chi connectivity index (χ0) is 25.5. The molecule has 0 unspecified atom stereocenters. The molecule has 190 valence electrons. The van der Waals surface area contributed by atoms with Gasteiger partial charge in [0.15, 0.2) is 17.4 Å². The van der Waals surface area contributed by atoms with Crippen molar-refractivity contribution in [3.8, 4) is 5.75 Å². The molecular weight excluding hydrogens is 473 g/mol. The Balaban J connectivity index is 1.43. The van der Waals surface area contributed by atoms with E-state index < -0.39 is 11.9 Å². The molecule has 2 aromatic carbocycles. The maximum absolute atomic E-state index is 14.6. The first-order valence-electron chi connectivity index (χ1n) is 12.6. The summed E-state index contributed by atoms with van der Waals surface area (Å²) in [5, 5.41) is 11.3. The number of amides is 1. The number of rotatable bonds is 5. The fraction of sp³-hybridized carbons (Fsp3) is 0.333. The van der Waals surface area contributed by atoms with Crippen LogP contribution in [-0.2, 0) is 4.79 Å². The topological polar surface area (TPSA) is 99.3 Å². The second-order valence-corrected chi connectivity index (χ2v) is 9.57. The van der Waals surface area contributed by atoms with Crippen molar-refractivity contribution < 1.29 is 13.9 Å². The number of halogens is 1. The Bertz CT molecular complexity index is 1470. The summed E-state index contributed by atoms with van der Waals surface area (Å²) in [5.74, 6) is 0.528. The standard InChI is InChI=1S/C27H28FN7O2/c1-16-26(36)35(20-9-11-24(37-2)21(28)13-20)23-15-29-27(31-18-8-10-22-17(12-18)14-30-33-22)32-25(23)34(16)19-6-4-3-5-7-19/h8-16,19H,3-7H2,1-2H3,(H,30,33)(H,29,31,32)/t16-/m1/s1. The highest BCUT2D eigenvalue weighted by Gasteiger charge is 2.41. The number of methoxy groups -OCH3 is 1. The third kappa shape index (κ3) is 4.12. The van der Waals surface area contributed by atoms with Crippen LogP contribution in [0.1, 0.15) is 39.0 Å². The molecule has 37 heavy (non-hydrogen) atoms. The van der Waals surface area contributed by atoms with E-state index in [0.29, 0.717) is 23.1 Å². The summed E-state index contributed by atoms with van der Waals surface area (Å²) in [5.41, 5.74) is 2.71. The number of hydrogen-bond donors (Lipinski definition) is 2. The van der Waals surface area contributed by atoms with E-state index in [1.165, 1.54) is 30.6 Å². The molecular formula is C27H28FN7O2. The smallest absolute Gasteiger partial charge is 0.254 e. The number of nitrogens with one attached hydrogen (secondary N) is 2. The fourth-order valence-electron chi connectivity index (χ4n) is 5.44. The second-order valence-electron chi connectivity index (χ2n) is 9.57. The number of fused-ring (bicyclic) bond motifs is 2. The van der Waals surface area contributed by atoms with Crippen molar-refractivity contribution >= 4 is 45.6 Å². The number of H-pyrrole nitrogens is 1. The van der Waals surface area contributed by atoms with Gasteiger partial charge < -0.3 is 15.0 Å². The van der Waals surface area contributed by atoms with Crippen molar-refractivity contribution in [2.24, 2.45) is 0 Å². The van der Waals surface area contributed by atoms with E-state index in [0.717, 1.165) is 42.3 Å². The van der Waals surface area contributed by atoms with Gasteiger partial charge in [-0.25, -0.2) is 9.37 Å². The van der Waals surface area contributed by atoms with E-state index in [1.54, 1.807) is 18.5 Å². The number of anilines is 5. The molecule has 1 aliphatic heterocycles. The normalized spacial score (nSPS) is 18.2. The molecule has 9 nitrogen and oxygen atoms in total. The van der Waals surface area contributed by atoms with Gasteiger partial charge in [-0.3, -0.25) is 14.8 Å². The molecule has 10 heteroatoms. The van der Waals surface area contributed by atoms with Gasteiger partial charge in [0.05, 0.1) is 30.7 Å². The predicted octanol–water partition coefficient (Wildman–Crippen LogP) is 5.45. The SMILES string of the molecule is COc1ccc(N2C(=O)[C@@H](C)N(C3CCCCC3)c3nc(Nc4ccc5[nH]ncc5c4)ncc32)cc1F. The molecule has 0 radical (unpaired) electrons. The number of aromatic nitrogens is 4. The number of benzene rings is 2. The maximum Gasteiger partial charge on any atom is 0.254 e. The molecule has 1 atom stereocenters. The molecule has 2 aromatic heterocycles. The maximum atomic E-state index is 14.6. The quantitative estimate of drug-likeness (QED) is 0.375. The third-order valence-corrected chi connectivity index (χ3v) is 7.29. The Kier molecular flexibility index (Phi) is 5.86. The number of carbonyl (C=O) groups is 1. The molecule has 1 saturated carbocycles. The number of carbonyl (C=O) groups excluding carboxylic acids is 1. The molecule has 1 amide bonds. The Morgan fingerprint density at radius 3 is 2.73 bits per heavy atom. The molecule has 4 aromatic rings. The van der Waals surface area contributed by atoms with Crippen LogP contribution in [0.5, 0.6) is 5.75 Å². The van der Waals surface area contributed by atoms with Crippen molar-refractivity contribution in [1.82, 2.24) is 20.2 Å². The highest BCUT2D eigenvalue weighted by molar-refractivity contribution is 6.10. The van der Waals surface area contributed by atoms with Crippen LogP contribution in [0.4, 0.5) is 33.2 Å². The summed E-state index contributed by atoms with van der Waals surface area (Å²) in [6.07, 6.45) is 8.83. The minimum Gasteiger partial charge on any atom is -0.494 e. The van der Waals surface area contributed by atoms with Gasteiger partial charge in [0, 0.05) is 23.2 Å². The van der Waals surface area contributed by atoms with E-state index in [2.05, 4.69) is 25.4 Å². The van der Waals surface area contributed by atoms with Gasteiger partial charge in [0.25, 0.3) is 5.91 Å². The molecule has 6 rings (SSSR count). The average molecular weight is 502 g/mol. The number of nitrogens with zero attached hydrogens (tertiary/aromatic N) is 5. The average Bonchev–Trinajstić information content (AvgIpc) is 3.38. The van der Waals surface area contributed by atoms with Crippen molar-refractivity contribution in [1.29, 1.82) is 0 Å². The lowest BCUT2D eigenvalue weighted by Gasteiger charge is -2.45. The fourth-order valence-corrected chi connectivity index (χ4v) is 5.44. The number of aromatic amines is 1. The Morgan fingerprint density at radius 2 is 1.95 bits per heavy atom. The minimum absolute atomic E-state index is 0.121. The van der Waals surface area contributed by atoms with Crippen LogP contribution < -0.4 is 19.9 Å². The first-order chi connectivity index (χ1) is 18.0. The van der Waals surface area contributed by atoms with Crippen LogP contribution in [0.2, 0.25) is 0 Å². The Labute approximate surface area is 213 Å². The van der Waals surface area contributed by atoms with Gasteiger partial charge in [0.2, 0.25) is 5.95 Å². The van der Waals surface area contributed by atoms with Gasteiger partial charge in [0.1, 0.15) is 11.7 Å². The second kappa shape index (κ2) is 9.34. The lowest BCUT2D eigenvalue weighted by Crippen LogP contribution is -2.55. The van der Waals surface area contributed by atoms with Gasteiger partial charge in [-0.15, -0.1) is 0 Å². The van der Waals surface area contributed by atoms with E-state index in [4.69, 9.17) is 9.72 Å². The monoisotopic (exact) mass is 501 g/mol. The zero-order valence-corrected chi connectivity index (χ0v) is 20.7. The van der Waals surface area contributed by atoms with Gasteiger partial charge in [-0.05, 0) is 50.1 Å². The van der Waals surface area contributed by atoms with Crippen LogP contribution in [0.3, 0.4) is 0 Å². The van der Waals surface area contributed by atoms with Crippen molar-refractivity contribution in [3.05, 3.63) is 54.6 Å². The van der Waals surface area contributed by atoms with Gasteiger partial charge in [-0.1, -0.05) is 19.3 Å². The summed E-state index contributed by atoms with van der Waals surface area (Å²) in [6.45, 7) is 1.90. The number of hydrogen-bond acceptors (Lipinski definition) is 7. The van der Waals surface area contributed by atoms with Gasteiger partial charge >= 0.3 is 0 Å². The molecule has 2 N–H and O–H groups in total.